The molecule has 0 unspecified atom stereocenters. The molecular formula is C30H37ClN4O2. The summed E-state index contributed by atoms with van der Waals surface area (Å²) in [4.78, 5) is 13.3. The van der Waals surface area contributed by atoms with Gasteiger partial charge in [-0.15, -0.1) is 12.4 Å². The molecule has 3 N–H and O–H groups in total. The Labute approximate surface area is 224 Å². The molecule has 7 heteroatoms. The van der Waals surface area contributed by atoms with Crippen LogP contribution in [0.3, 0.4) is 0 Å². The molecule has 196 valence electrons. The highest BCUT2D eigenvalue weighted by molar-refractivity contribution is 5.92. The summed E-state index contributed by atoms with van der Waals surface area (Å²) >= 11 is 0. The number of para-hydroxylation sites is 2. The predicted octanol–water partition coefficient (Wildman–Crippen LogP) is 6.33. The number of nitrogens with one attached hydrogen (secondary N) is 2. The molecule has 0 fully saturated rings. The second-order valence-electron chi connectivity index (χ2n) is 11.4. The van der Waals surface area contributed by atoms with Crippen LogP contribution in [0.2, 0.25) is 0 Å². The van der Waals surface area contributed by atoms with E-state index in [0.717, 1.165) is 27.7 Å². The smallest absolute Gasteiger partial charge is 0.244 e. The van der Waals surface area contributed by atoms with Crippen molar-refractivity contribution in [1.82, 2.24) is 9.13 Å². The fraction of sp³-hybridized carbons (Fsp3) is 0.333. The lowest BCUT2D eigenvalue weighted by atomic mass is 9.79. The molecular weight excluding hydrogens is 484 g/mol. The quantitative estimate of drug-likeness (QED) is 0.269. The number of phenolic OH excluding ortho intramolecular Hbond substituents is 1. The molecule has 0 spiro atoms. The normalized spacial score (nSPS) is 11.8. The first-order valence-corrected chi connectivity index (χ1v) is 12.3. The first kappa shape index (κ1) is 28.1. The zero-order valence-electron chi connectivity index (χ0n) is 22.4. The Morgan fingerprint density at radius 1 is 0.838 bits per heavy atom. The third-order valence-electron chi connectivity index (χ3n) is 6.47. The van der Waals surface area contributed by atoms with Gasteiger partial charge in [0, 0.05) is 16.8 Å². The van der Waals surface area contributed by atoms with Gasteiger partial charge >= 0.3 is 0 Å². The van der Waals surface area contributed by atoms with Crippen LogP contribution >= 0.6 is 12.4 Å². The predicted molar refractivity (Wildman–Crippen MR) is 153 cm³/mol. The van der Waals surface area contributed by atoms with Gasteiger partial charge in [0.1, 0.15) is 12.3 Å². The van der Waals surface area contributed by atoms with Gasteiger partial charge in [0.15, 0.2) is 0 Å². The van der Waals surface area contributed by atoms with E-state index in [1.807, 2.05) is 113 Å². The molecule has 4 rings (SSSR count). The average molecular weight is 521 g/mol. The monoisotopic (exact) mass is 520 g/mol. The maximum Gasteiger partial charge on any atom is 0.244 e. The standard InChI is InChI=1S/C30H36N4O2.ClH/c1-29(2,3)22-16-21(17-23(27(22)36)30(4,5)6)32-26(35)19-34-25-15-11-10-14-24(25)33(28(34)31)18-20-12-8-7-9-13-20;/h7-17,31,36H,18-19H2,1-6H3,(H,32,35);1H. The van der Waals surface area contributed by atoms with Gasteiger partial charge in [0.05, 0.1) is 17.6 Å². The van der Waals surface area contributed by atoms with Crippen molar-refractivity contribution in [2.75, 3.05) is 5.32 Å². The van der Waals surface area contributed by atoms with E-state index in [2.05, 4.69) is 5.32 Å². The Morgan fingerprint density at radius 3 is 1.84 bits per heavy atom. The van der Waals surface area contributed by atoms with E-state index in [-0.39, 0.29) is 47.1 Å². The number of amides is 1. The number of nitrogens with zero attached hydrogens (tertiary/aromatic N) is 2. The average Bonchev–Trinajstić information content (AvgIpc) is 3.05. The molecule has 0 aliphatic carbocycles. The molecule has 0 aliphatic heterocycles. The summed E-state index contributed by atoms with van der Waals surface area (Å²) in [6.45, 7) is 12.8. The van der Waals surface area contributed by atoms with E-state index < -0.39 is 0 Å². The number of aromatic hydroxyl groups is 1. The van der Waals surface area contributed by atoms with Crippen LogP contribution in [0.25, 0.3) is 11.0 Å². The molecule has 1 aromatic heterocycles. The number of carbonyl (C=O) groups excluding carboxylic acids is 1. The Bertz CT molecular complexity index is 1440. The molecule has 1 heterocycles. The molecule has 0 saturated heterocycles. The highest BCUT2D eigenvalue weighted by atomic mass is 35.5. The lowest BCUT2D eigenvalue weighted by Crippen LogP contribution is -2.30. The van der Waals surface area contributed by atoms with E-state index in [1.54, 1.807) is 4.57 Å². The molecule has 6 nitrogen and oxygen atoms in total. The minimum Gasteiger partial charge on any atom is -0.507 e. The number of imidazole rings is 1. The molecule has 0 atom stereocenters. The number of rotatable bonds is 5. The SMILES string of the molecule is CC(C)(C)c1cc(NC(=O)Cn2c(=N)n(Cc3ccccc3)c3ccccc32)cc(C(C)(C)C)c1O.Cl. The van der Waals surface area contributed by atoms with Crippen LogP contribution in [0.5, 0.6) is 5.75 Å². The van der Waals surface area contributed by atoms with E-state index in [4.69, 9.17) is 5.41 Å². The van der Waals surface area contributed by atoms with E-state index in [1.165, 1.54) is 0 Å². The molecule has 0 radical (unpaired) electrons. The Kier molecular flexibility index (Phi) is 7.94. The molecule has 0 aliphatic rings. The third kappa shape index (κ3) is 5.91. The second kappa shape index (κ2) is 10.5. The Hall–Kier alpha value is -3.51. The van der Waals surface area contributed by atoms with E-state index in [9.17, 15) is 9.90 Å². The first-order valence-electron chi connectivity index (χ1n) is 12.3. The highest BCUT2D eigenvalue weighted by Gasteiger charge is 2.27. The Balaban J connectivity index is 0.00000380. The number of halogens is 1. The number of hydrogen-bond donors (Lipinski definition) is 3. The van der Waals surface area contributed by atoms with Gasteiger partial charge in [-0.1, -0.05) is 84.0 Å². The zero-order valence-corrected chi connectivity index (χ0v) is 23.2. The van der Waals surface area contributed by atoms with Gasteiger partial charge in [0.25, 0.3) is 0 Å². The molecule has 3 aromatic carbocycles. The number of carbonyl (C=O) groups is 1. The molecule has 1 amide bonds. The van der Waals surface area contributed by atoms with Crippen molar-refractivity contribution < 1.29 is 9.90 Å². The van der Waals surface area contributed by atoms with Crippen molar-refractivity contribution >= 4 is 35.0 Å². The summed E-state index contributed by atoms with van der Waals surface area (Å²) in [5, 5.41) is 22.9. The summed E-state index contributed by atoms with van der Waals surface area (Å²) in [5.41, 5.74) is 4.75. The van der Waals surface area contributed by atoms with Crippen molar-refractivity contribution in [3.8, 4) is 5.75 Å². The fourth-order valence-corrected chi connectivity index (χ4v) is 4.57. The van der Waals surface area contributed by atoms with Gasteiger partial charge in [0.2, 0.25) is 11.5 Å². The zero-order chi connectivity index (χ0) is 26.3. The third-order valence-corrected chi connectivity index (χ3v) is 6.47. The van der Waals surface area contributed by atoms with Crippen LogP contribution < -0.4 is 10.9 Å². The highest BCUT2D eigenvalue weighted by Crippen LogP contribution is 2.41. The van der Waals surface area contributed by atoms with E-state index in [0.29, 0.717) is 12.2 Å². The number of aromatic nitrogens is 2. The molecule has 0 bridgehead atoms. The Morgan fingerprint density at radius 2 is 1.32 bits per heavy atom. The fourth-order valence-electron chi connectivity index (χ4n) is 4.57. The lowest BCUT2D eigenvalue weighted by molar-refractivity contribution is -0.116. The first-order chi connectivity index (χ1) is 16.9. The van der Waals surface area contributed by atoms with Gasteiger partial charge in [-0.05, 0) is 40.7 Å². The van der Waals surface area contributed by atoms with Gasteiger partial charge < -0.3 is 19.6 Å². The number of benzene rings is 3. The van der Waals surface area contributed by atoms with Crippen LogP contribution in [-0.4, -0.2) is 20.1 Å². The number of hydrogen-bond acceptors (Lipinski definition) is 3. The number of phenols is 1. The minimum absolute atomic E-state index is 0. The summed E-state index contributed by atoms with van der Waals surface area (Å²) in [6, 6.07) is 21.5. The van der Waals surface area contributed by atoms with Gasteiger partial charge in [-0.25, -0.2) is 0 Å². The number of fused-ring (bicyclic) bond motifs is 1. The number of anilines is 1. The maximum absolute atomic E-state index is 13.3. The van der Waals surface area contributed by atoms with Crippen molar-refractivity contribution in [2.45, 2.75) is 65.5 Å². The van der Waals surface area contributed by atoms with Gasteiger partial charge in [-0.3, -0.25) is 10.2 Å². The summed E-state index contributed by atoms with van der Waals surface area (Å²) in [5.74, 6) is 0.0568. The van der Waals surface area contributed by atoms with Crippen LogP contribution in [-0.2, 0) is 28.7 Å². The van der Waals surface area contributed by atoms with Crippen LogP contribution in [0.1, 0.15) is 58.2 Å². The van der Waals surface area contributed by atoms with Crippen LogP contribution in [0, 0.1) is 5.41 Å². The second-order valence-corrected chi connectivity index (χ2v) is 11.4. The minimum atomic E-state index is -0.293. The van der Waals surface area contributed by atoms with Crippen molar-refractivity contribution in [1.29, 1.82) is 5.41 Å². The van der Waals surface area contributed by atoms with Gasteiger partial charge in [-0.2, -0.15) is 0 Å². The van der Waals surface area contributed by atoms with Crippen molar-refractivity contribution in [3.63, 3.8) is 0 Å². The molecule has 4 aromatic rings. The summed E-state index contributed by atoms with van der Waals surface area (Å²) < 4.78 is 3.66. The van der Waals surface area contributed by atoms with Crippen molar-refractivity contribution in [3.05, 3.63) is 89.0 Å². The van der Waals surface area contributed by atoms with Crippen LogP contribution in [0.15, 0.2) is 66.7 Å². The largest absolute Gasteiger partial charge is 0.507 e. The maximum atomic E-state index is 13.3. The summed E-state index contributed by atoms with van der Waals surface area (Å²) in [6.07, 6.45) is 0. The molecule has 37 heavy (non-hydrogen) atoms. The topological polar surface area (TPSA) is 83.0 Å². The van der Waals surface area contributed by atoms with Crippen LogP contribution in [0.4, 0.5) is 5.69 Å². The lowest BCUT2D eigenvalue weighted by Gasteiger charge is -2.28. The summed E-state index contributed by atoms with van der Waals surface area (Å²) in [7, 11) is 0. The van der Waals surface area contributed by atoms with Crippen molar-refractivity contribution in [2.24, 2.45) is 0 Å². The van der Waals surface area contributed by atoms with E-state index >= 15 is 0 Å². The molecule has 0 saturated carbocycles.